The number of anilines is 1. The molecule has 0 saturated carbocycles. The predicted molar refractivity (Wildman–Crippen MR) is 60.8 cm³/mol. The molecule has 3 nitrogen and oxygen atoms in total. The van der Waals surface area contributed by atoms with E-state index in [0.717, 1.165) is 6.07 Å². The van der Waals surface area contributed by atoms with E-state index in [-0.39, 0.29) is 22.0 Å². The van der Waals surface area contributed by atoms with Crippen LogP contribution >= 0.6 is 15.9 Å². The van der Waals surface area contributed by atoms with Gasteiger partial charge in [-0.3, -0.25) is 4.79 Å². The second-order valence-electron chi connectivity index (χ2n) is 3.52. The van der Waals surface area contributed by atoms with Gasteiger partial charge in [-0.25, -0.2) is 4.39 Å². The Morgan fingerprint density at radius 1 is 1.56 bits per heavy atom. The molecule has 1 aromatic rings. The van der Waals surface area contributed by atoms with Crippen LogP contribution in [0.1, 0.15) is 12.0 Å². The zero-order valence-electron chi connectivity index (χ0n) is 8.28. The molecule has 1 unspecified atom stereocenters. The molecule has 0 aromatic heterocycles. The Balaban J connectivity index is 2.35. The van der Waals surface area contributed by atoms with Gasteiger partial charge in [-0.2, -0.15) is 5.26 Å². The third-order valence-corrected chi connectivity index (χ3v) is 3.36. The van der Waals surface area contributed by atoms with Crippen molar-refractivity contribution in [1.29, 1.82) is 5.26 Å². The highest BCUT2D eigenvalue weighted by Crippen LogP contribution is 2.27. The highest BCUT2D eigenvalue weighted by molar-refractivity contribution is 9.10. The average molecular weight is 283 g/mol. The van der Waals surface area contributed by atoms with Crippen LogP contribution in [-0.2, 0) is 4.79 Å². The van der Waals surface area contributed by atoms with E-state index in [2.05, 4.69) is 15.9 Å². The molecule has 1 heterocycles. The van der Waals surface area contributed by atoms with Gasteiger partial charge in [0.15, 0.2) is 0 Å². The van der Waals surface area contributed by atoms with Gasteiger partial charge in [-0.05, 0) is 24.6 Å². The third kappa shape index (κ3) is 1.81. The van der Waals surface area contributed by atoms with Crippen molar-refractivity contribution < 1.29 is 9.18 Å². The molecule has 2 rings (SSSR count). The van der Waals surface area contributed by atoms with Crippen LogP contribution in [0.2, 0.25) is 0 Å². The molecular weight excluding hydrogens is 275 g/mol. The minimum Gasteiger partial charge on any atom is -0.309 e. The number of carbonyl (C=O) groups excluding carboxylic acids is 1. The monoisotopic (exact) mass is 282 g/mol. The van der Waals surface area contributed by atoms with Crippen LogP contribution in [0, 0.1) is 17.1 Å². The summed E-state index contributed by atoms with van der Waals surface area (Å²) in [6.07, 6.45) is 0.665. The fourth-order valence-corrected chi connectivity index (χ4v) is 2.13. The molecule has 0 bridgehead atoms. The second-order valence-corrected chi connectivity index (χ2v) is 4.63. The van der Waals surface area contributed by atoms with E-state index in [1.54, 1.807) is 0 Å². The summed E-state index contributed by atoms with van der Waals surface area (Å²) in [6.45, 7) is 0.498. The van der Waals surface area contributed by atoms with E-state index < -0.39 is 5.82 Å². The van der Waals surface area contributed by atoms with E-state index >= 15 is 0 Å². The standard InChI is InChI=1S/C11H8BrFN2O/c12-8-3-4-15(11(8)16)10-2-1-7(6-14)5-9(10)13/h1-2,5,8H,3-4H2. The number of benzene rings is 1. The lowest BCUT2D eigenvalue weighted by Crippen LogP contribution is -2.27. The Bertz CT molecular complexity index is 483. The van der Waals surface area contributed by atoms with Gasteiger partial charge in [-0.1, -0.05) is 15.9 Å². The summed E-state index contributed by atoms with van der Waals surface area (Å²) in [4.78, 5) is 12.8. The fraction of sp³-hybridized carbons (Fsp3) is 0.273. The molecule has 0 radical (unpaired) electrons. The van der Waals surface area contributed by atoms with Crippen LogP contribution in [0.25, 0.3) is 0 Å². The van der Waals surface area contributed by atoms with Crippen molar-refractivity contribution in [1.82, 2.24) is 0 Å². The van der Waals surface area contributed by atoms with Gasteiger partial charge in [0.25, 0.3) is 0 Å². The van der Waals surface area contributed by atoms with Crippen molar-refractivity contribution in [3.63, 3.8) is 0 Å². The summed E-state index contributed by atoms with van der Waals surface area (Å²) < 4.78 is 13.6. The van der Waals surface area contributed by atoms with E-state index in [1.165, 1.54) is 17.0 Å². The second kappa shape index (κ2) is 4.22. The Morgan fingerprint density at radius 3 is 2.81 bits per heavy atom. The SMILES string of the molecule is N#Cc1ccc(N2CCC(Br)C2=O)c(F)c1. The molecule has 1 saturated heterocycles. The first-order valence-corrected chi connectivity index (χ1v) is 5.70. The summed E-state index contributed by atoms with van der Waals surface area (Å²) in [6, 6.07) is 5.97. The number of amides is 1. The molecule has 0 aliphatic carbocycles. The van der Waals surface area contributed by atoms with Crippen LogP contribution in [-0.4, -0.2) is 17.3 Å². The predicted octanol–water partition coefficient (Wildman–Crippen LogP) is 2.20. The molecule has 1 fully saturated rings. The van der Waals surface area contributed by atoms with Crippen LogP contribution in [0.4, 0.5) is 10.1 Å². The average Bonchev–Trinajstić information content (AvgIpc) is 2.60. The first kappa shape index (κ1) is 11.1. The molecule has 1 atom stereocenters. The van der Waals surface area contributed by atoms with E-state index in [0.29, 0.717) is 13.0 Å². The van der Waals surface area contributed by atoms with Gasteiger partial charge < -0.3 is 4.90 Å². The number of carbonyl (C=O) groups is 1. The maximum absolute atomic E-state index is 13.6. The summed E-state index contributed by atoms with van der Waals surface area (Å²) >= 11 is 3.23. The topological polar surface area (TPSA) is 44.1 Å². The summed E-state index contributed by atoms with van der Waals surface area (Å²) in [5.74, 6) is -0.669. The molecular formula is C11H8BrFN2O. The maximum atomic E-state index is 13.6. The minimum absolute atomic E-state index is 0.136. The molecule has 1 aliphatic heterocycles. The number of hydrogen-bond donors (Lipinski definition) is 0. The third-order valence-electron chi connectivity index (χ3n) is 2.51. The molecule has 1 amide bonds. The lowest BCUT2D eigenvalue weighted by molar-refractivity contribution is -0.116. The molecule has 0 N–H and O–H groups in total. The summed E-state index contributed by atoms with van der Waals surface area (Å²) in [5, 5.41) is 8.61. The van der Waals surface area contributed by atoms with Crippen molar-refractivity contribution in [3.05, 3.63) is 29.6 Å². The van der Waals surface area contributed by atoms with E-state index in [4.69, 9.17) is 5.26 Å². The Morgan fingerprint density at radius 2 is 2.31 bits per heavy atom. The maximum Gasteiger partial charge on any atom is 0.240 e. The van der Waals surface area contributed by atoms with Crippen LogP contribution in [0.3, 0.4) is 0 Å². The molecule has 5 heteroatoms. The van der Waals surface area contributed by atoms with Gasteiger partial charge in [0.2, 0.25) is 5.91 Å². The minimum atomic E-state index is -0.533. The van der Waals surface area contributed by atoms with Crippen LogP contribution < -0.4 is 4.90 Å². The largest absolute Gasteiger partial charge is 0.309 e. The van der Waals surface area contributed by atoms with Gasteiger partial charge in [0, 0.05) is 6.54 Å². The quantitative estimate of drug-likeness (QED) is 0.742. The lowest BCUT2D eigenvalue weighted by Gasteiger charge is -2.16. The number of alkyl halides is 1. The molecule has 16 heavy (non-hydrogen) atoms. The number of rotatable bonds is 1. The Kier molecular flexibility index (Phi) is 2.92. The normalized spacial score (nSPS) is 19.9. The zero-order valence-corrected chi connectivity index (χ0v) is 9.87. The summed E-state index contributed by atoms with van der Waals surface area (Å²) in [5.41, 5.74) is 0.495. The molecule has 1 aliphatic rings. The zero-order chi connectivity index (χ0) is 11.7. The Hall–Kier alpha value is -1.41. The number of halogens is 2. The van der Waals surface area contributed by atoms with Crippen molar-refractivity contribution in [3.8, 4) is 6.07 Å². The molecule has 1 aromatic carbocycles. The fourth-order valence-electron chi connectivity index (χ4n) is 1.68. The first-order valence-electron chi connectivity index (χ1n) is 4.78. The van der Waals surface area contributed by atoms with Gasteiger partial charge in [0.05, 0.1) is 22.1 Å². The first-order chi connectivity index (χ1) is 7.63. The molecule has 82 valence electrons. The van der Waals surface area contributed by atoms with Gasteiger partial charge >= 0.3 is 0 Å². The molecule has 0 spiro atoms. The van der Waals surface area contributed by atoms with Crippen LogP contribution in [0.15, 0.2) is 18.2 Å². The number of hydrogen-bond acceptors (Lipinski definition) is 2. The summed E-state index contributed by atoms with van der Waals surface area (Å²) in [7, 11) is 0. The highest BCUT2D eigenvalue weighted by atomic mass is 79.9. The number of nitrogens with zero attached hydrogens (tertiary/aromatic N) is 2. The van der Waals surface area contributed by atoms with Crippen molar-refractivity contribution >= 4 is 27.5 Å². The van der Waals surface area contributed by atoms with Crippen LogP contribution in [0.5, 0.6) is 0 Å². The van der Waals surface area contributed by atoms with Gasteiger partial charge in [0.1, 0.15) is 5.82 Å². The van der Waals surface area contributed by atoms with E-state index in [1.807, 2.05) is 6.07 Å². The van der Waals surface area contributed by atoms with Crippen molar-refractivity contribution in [2.75, 3.05) is 11.4 Å². The van der Waals surface area contributed by atoms with E-state index in [9.17, 15) is 9.18 Å². The highest BCUT2D eigenvalue weighted by Gasteiger charge is 2.31. The Labute approximate surface area is 101 Å². The number of nitriles is 1. The van der Waals surface area contributed by atoms with Gasteiger partial charge in [-0.15, -0.1) is 0 Å². The lowest BCUT2D eigenvalue weighted by atomic mass is 10.2. The smallest absolute Gasteiger partial charge is 0.240 e. The van der Waals surface area contributed by atoms with Crippen molar-refractivity contribution in [2.45, 2.75) is 11.2 Å². The van der Waals surface area contributed by atoms with Crippen molar-refractivity contribution in [2.24, 2.45) is 0 Å².